The predicted octanol–water partition coefficient (Wildman–Crippen LogP) is 3.70. The Balaban J connectivity index is 2.46. The van der Waals surface area contributed by atoms with Gasteiger partial charge < -0.3 is 4.74 Å². The zero-order chi connectivity index (χ0) is 10.9. The molecule has 1 aliphatic carbocycles. The molecule has 0 amide bonds. The van der Waals surface area contributed by atoms with Gasteiger partial charge in [-0.3, -0.25) is 0 Å². The van der Waals surface area contributed by atoms with Gasteiger partial charge in [0.1, 0.15) is 5.75 Å². The van der Waals surface area contributed by atoms with E-state index in [1.54, 1.807) is 0 Å². The van der Waals surface area contributed by atoms with Crippen LogP contribution in [0.4, 0.5) is 0 Å². The normalized spacial score (nSPS) is 18.3. The maximum absolute atomic E-state index is 5.70. The molecule has 0 saturated carbocycles. The first-order chi connectivity index (χ1) is 7.15. The van der Waals surface area contributed by atoms with E-state index in [-0.39, 0.29) is 0 Å². The van der Waals surface area contributed by atoms with Gasteiger partial charge in [0.15, 0.2) is 0 Å². The van der Waals surface area contributed by atoms with Crippen molar-refractivity contribution >= 4 is 0 Å². The molecule has 0 N–H and O–H groups in total. The first-order valence-electron chi connectivity index (χ1n) is 5.90. The van der Waals surface area contributed by atoms with E-state index in [9.17, 15) is 0 Å². The van der Waals surface area contributed by atoms with E-state index in [2.05, 4.69) is 32.0 Å². The van der Waals surface area contributed by atoms with E-state index in [1.165, 1.54) is 30.4 Å². The van der Waals surface area contributed by atoms with Crippen LogP contribution >= 0.6 is 0 Å². The molecule has 1 nitrogen and oxygen atoms in total. The molecule has 1 aromatic carbocycles. The van der Waals surface area contributed by atoms with Crippen molar-refractivity contribution in [2.45, 2.75) is 45.4 Å². The summed E-state index contributed by atoms with van der Waals surface area (Å²) in [4.78, 5) is 0. The number of rotatable bonds is 2. The Morgan fingerprint density at radius 2 is 2.13 bits per heavy atom. The lowest BCUT2D eigenvalue weighted by Gasteiger charge is -2.33. The molecule has 1 heteroatoms. The molecule has 0 aliphatic heterocycles. The molecule has 0 saturated heterocycles. The summed E-state index contributed by atoms with van der Waals surface area (Å²) in [6.07, 6.45) is 3.74. The van der Waals surface area contributed by atoms with Crippen LogP contribution in [-0.2, 0) is 11.8 Å². The zero-order valence-electron chi connectivity index (χ0n) is 9.97. The van der Waals surface area contributed by atoms with Gasteiger partial charge in [0, 0.05) is 0 Å². The monoisotopic (exact) mass is 204 g/mol. The SMILES string of the molecule is CCOc1cccc2c1CCCC2(C)C. The lowest BCUT2D eigenvalue weighted by Crippen LogP contribution is -2.24. The smallest absolute Gasteiger partial charge is 0.122 e. The van der Waals surface area contributed by atoms with Crippen LogP contribution in [0.15, 0.2) is 18.2 Å². The first kappa shape index (κ1) is 10.5. The van der Waals surface area contributed by atoms with E-state index in [0.717, 1.165) is 12.4 Å². The summed E-state index contributed by atoms with van der Waals surface area (Å²) in [6.45, 7) is 7.48. The minimum atomic E-state index is 0.320. The average Bonchev–Trinajstić information content (AvgIpc) is 2.19. The zero-order valence-corrected chi connectivity index (χ0v) is 9.97. The van der Waals surface area contributed by atoms with Crippen LogP contribution in [0.5, 0.6) is 5.75 Å². The highest BCUT2D eigenvalue weighted by molar-refractivity contribution is 5.45. The number of fused-ring (bicyclic) bond motifs is 1. The van der Waals surface area contributed by atoms with Gasteiger partial charge in [-0.15, -0.1) is 0 Å². The van der Waals surface area contributed by atoms with Crippen molar-refractivity contribution in [3.05, 3.63) is 29.3 Å². The Labute approximate surface area is 92.5 Å². The van der Waals surface area contributed by atoms with Crippen molar-refractivity contribution < 1.29 is 4.74 Å². The third-order valence-electron chi connectivity index (χ3n) is 3.39. The summed E-state index contributed by atoms with van der Waals surface area (Å²) in [5.41, 5.74) is 3.25. The summed E-state index contributed by atoms with van der Waals surface area (Å²) >= 11 is 0. The maximum Gasteiger partial charge on any atom is 0.122 e. The molecule has 0 bridgehead atoms. The molecule has 1 aromatic rings. The largest absolute Gasteiger partial charge is 0.494 e. The minimum absolute atomic E-state index is 0.320. The second-order valence-electron chi connectivity index (χ2n) is 4.95. The van der Waals surface area contributed by atoms with E-state index in [1.807, 2.05) is 6.92 Å². The molecular formula is C14H20O. The molecule has 0 radical (unpaired) electrons. The Morgan fingerprint density at radius 1 is 1.33 bits per heavy atom. The van der Waals surface area contributed by atoms with Crippen molar-refractivity contribution in [1.29, 1.82) is 0 Å². The highest BCUT2D eigenvalue weighted by atomic mass is 16.5. The molecule has 0 heterocycles. The van der Waals surface area contributed by atoms with Gasteiger partial charge in [0.05, 0.1) is 6.61 Å². The van der Waals surface area contributed by atoms with Gasteiger partial charge in [-0.25, -0.2) is 0 Å². The second-order valence-corrected chi connectivity index (χ2v) is 4.95. The Hall–Kier alpha value is -0.980. The second kappa shape index (κ2) is 3.88. The average molecular weight is 204 g/mol. The third kappa shape index (κ3) is 1.88. The Bertz CT molecular complexity index is 352. The van der Waals surface area contributed by atoms with E-state index < -0.39 is 0 Å². The van der Waals surface area contributed by atoms with Crippen LogP contribution in [0.1, 0.15) is 44.7 Å². The fourth-order valence-corrected chi connectivity index (χ4v) is 2.59. The standard InChI is InChI=1S/C14H20O/c1-4-15-13-9-5-8-12-11(13)7-6-10-14(12,2)3/h5,8-9H,4,6-7,10H2,1-3H3. The predicted molar refractivity (Wildman–Crippen MR) is 63.6 cm³/mol. The fourth-order valence-electron chi connectivity index (χ4n) is 2.59. The van der Waals surface area contributed by atoms with Crippen LogP contribution in [0.2, 0.25) is 0 Å². The molecule has 0 fully saturated rings. The van der Waals surface area contributed by atoms with Crippen LogP contribution in [0.25, 0.3) is 0 Å². The fraction of sp³-hybridized carbons (Fsp3) is 0.571. The molecule has 2 rings (SSSR count). The Morgan fingerprint density at radius 3 is 2.87 bits per heavy atom. The number of ether oxygens (including phenoxy) is 1. The van der Waals surface area contributed by atoms with Crippen molar-refractivity contribution in [3.63, 3.8) is 0 Å². The molecule has 82 valence electrons. The van der Waals surface area contributed by atoms with Gasteiger partial charge in [0.2, 0.25) is 0 Å². The number of hydrogen-bond acceptors (Lipinski definition) is 1. The van der Waals surface area contributed by atoms with E-state index in [0.29, 0.717) is 5.41 Å². The van der Waals surface area contributed by atoms with Crippen LogP contribution < -0.4 is 4.74 Å². The summed E-state index contributed by atoms with van der Waals surface area (Å²) in [5, 5.41) is 0. The highest BCUT2D eigenvalue weighted by Crippen LogP contribution is 2.40. The minimum Gasteiger partial charge on any atom is -0.494 e. The first-order valence-corrected chi connectivity index (χ1v) is 5.90. The molecule has 0 atom stereocenters. The molecular weight excluding hydrogens is 184 g/mol. The summed E-state index contributed by atoms with van der Waals surface area (Å²) < 4.78 is 5.70. The van der Waals surface area contributed by atoms with Gasteiger partial charge >= 0.3 is 0 Å². The molecule has 0 spiro atoms. The van der Waals surface area contributed by atoms with Crippen molar-refractivity contribution in [2.75, 3.05) is 6.61 Å². The van der Waals surface area contributed by atoms with Crippen molar-refractivity contribution in [3.8, 4) is 5.75 Å². The number of hydrogen-bond donors (Lipinski definition) is 0. The lowest BCUT2D eigenvalue weighted by molar-refractivity contribution is 0.328. The third-order valence-corrected chi connectivity index (χ3v) is 3.39. The van der Waals surface area contributed by atoms with Gasteiger partial charge in [0.25, 0.3) is 0 Å². The van der Waals surface area contributed by atoms with E-state index >= 15 is 0 Å². The topological polar surface area (TPSA) is 9.23 Å². The lowest BCUT2D eigenvalue weighted by atomic mass is 9.72. The molecule has 1 aliphatic rings. The Kier molecular flexibility index (Phi) is 2.72. The van der Waals surface area contributed by atoms with E-state index in [4.69, 9.17) is 4.74 Å². The quantitative estimate of drug-likeness (QED) is 0.713. The van der Waals surface area contributed by atoms with Crippen LogP contribution in [-0.4, -0.2) is 6.61 Å². The van der Waals surface area contributed by atoms with Gasteiger partial charge in [-0.1, -0.05) is 26.0 Å². The summed E-state index contributed by atoms with van der Waals surface area (Å²) in [6, 6.07) is 6.48. The van der Waals surface area contributed by atoms with Gasteiger partial charge in [-0.05, 0) is 48.8 Å². The van der Waals surface area contributed by atoms with Crippen LogP contribution in [0, 0.1) is 0 Å². The maximum atomic E-state index is 5.70. The summed E-state index contributed by atoms with van der Waals surface area (Å²) in [7, 11) is 0. The van der Waals surface area contributed by atoms with Crippen molar-refractivity contribution in [2.24, 2.45) is 0 Å². The highest BCUT2D eigenvalue weighted by Gasteiger charge is 2.28. The molecule has 0 unspecified atom stereocenters. The van der Waals surface area contributed by atoms with Crippen molar-refractivity contribution in [1.82, 2.24) is 0 Å². The summed E-state index contributed by atoms with van der Waals surface area (Å²) in [5.74, 6) is 1.10. The van der Waals surface area contributed by atoms with Crippen LogP contribution in [0.3, 0.4) is 0 Å². The molecule has 15 heavy (non-hydrogen) atoms. The number of benzene rings is 1. The van der Waals surface area contributed by atoms with Gasteiger partial charge in [-0.2, -0.15) is 0 Å². The molecule has 0 aromatic heterocycles.